The average molecular weight is 237 g/mol. The zero-order chi connectivity index (χ0) is 11.3. The van der Waals surface area contributed by atoms with Gasteiger partial charge in [-0.15, -0.1) is 0 Å². The fraction of sp³-hybridized carbons (Fsp3) is 0.375. The van der Waals surface area contributed by atoms with E-state index < -0.39 is 5.92 Å². The van der Waals surface area contributed by atoms with Crippen molar-refractivity contribution in [1.29, 1.82) is 10.5 Å². The topological polar surface area (TPSA) is 86.2 Å². The first kappa shape index (κ1) is 11.8. The molecule has 7 heteroatoms. The van der Waals surface area contributed by atoms with Gasteiger partial charge >= 0.3 is 0 Å². The third-order valence-corrected chi connectivity index (χ3v) is 2.59. The van der Waals surface area contributed by atoms with Crippen LogP contribution in [0.1, 0.15) is 11.7 Å². The summed E-state index contributed by atoms with van der Waals surface area (Å²) in [5.74, 6) is -0.700. The molecule has 0 saturated heterocycles. The lowest BCUT2D eigenvalue weighted by Crippen LogP contribution is -2.04. The van der Waals surface area contributed by atoms with E-state index in [9.17, 15) is 0 Å². The Kier molecular flexibility index (Phi) is 4.35. The van der Waals surface area contributed by atoms with Gasteiger partial charge in [-0.3, -0.25) is 0 Å². The van der Waals surface area contributed by atoms with Crippen LogP contribution in [0.25, 0.3) is 0 Å². The third-order valence-electron chi connectivity index (χ3n) is 1.49. The van der Waals surface area contributed by atoms with Crippen LogP contribution in [0, 0.1) is 22.7 Å². The van der Waals surface area contributed by atoms with Crippen LogP contribution in [0.15, 0.2) is 10.3 Å². The Morgan fingerprint density at radius 3 is 1.80 bits per heavy atom. The zero-order valence-electron chi connectivity index (χ0n) is 8.13. The Morgan fingerprint density at radius 1 is 1.00 bits per heavy atom. The maximum Gasteiger partial charge on any atom is 0.192 e. The van der Waals surface area contributed by atoms with E-state index in [4.69, 9.17) is 10.5 Å². The molecule has 1 aromatic rings. The smallest absolute Gasteiger partial charge is 0.192 e. The van der Waals surface area contributed by atoms with Gasteiger partial charge in [0.25, 0.3) is 0 Å². The minimum absolute atomic E-state index is 0.226. The molecule has 0 aromatic carbocycles. The molecule has 0 unspecified atom stereocenters. The van der Waals surface area contributed by atoms with Crippen molar-refractivity contribution in [3.8, 4) is 12.1 Å². The molecule has 1 rings (SSSR count). The molecule has 0 radical (unpaired) electrons. The summed E-state index contributed by atoms with van der Waals surface area (Å²) in [5.41, 5.74) is 0. The van der Waals surface area contributed by atoms with Crippen molar-refractivity contribution in [2.75, 3.05) is 12.5 Å². The summed E-state index contributed by atoms with van der Waals surface area (Å²) in [6.07, 6.45) is 3.66. The molecule has 76 valence electrons. The second kappa shape index (κ2) is 5.54. The Morgan fingerprint density at radius 2 is 1.47 bits per heavy atom. The molecule has 5 nitrogen and oxygen atoms in total. The molecule has 0 aliphatic carbocycles. The summed E-state index contributed by atoms with van der Waals surface area (Å²) in [7, 11) is 0. The summed E-state index contributed by atoms with van der Waals surface area (Å²) in [5, 5.41) is 18.5. The highest BCUT2D eigenvalue weighted by Crippen LogP contribution is 2.18. The molecule has 0 bridgehead atoms. The van der Waals surface area contributed by atoms with Crippen molar-refractivity contribution >= 4 is 23.5 Å². The molecule has 0 spiro atoms. The molecule has 0 N–H and O–H groups in total. The highest BCUT2D eigenvalue weighted by molar-refractivity contribution is 7.99. The Hall–Kier alpha value is -1.31. The number of nitriles is 2. The molecule has 0 fully saturated rings. The maximum atomic E-state index is 8.72. The van der Waals surface area contributed by atoms with Crippen LogP contribution in [-0.2, 0) is 0 Å². The van der Waals surface area contributed by atoms with Crippen molar-refractivity contribution < 1.29 is 0 Å². The van der Waals surface area contributed by atoms with E-state index in [-0.39, 0.29) is 5.82 Å². The van der Waals surface area contributed by atoms with Crippen LogP contribution in [-0.4, -0.2) is 27.5 Å². The fourth-order valence-corrected chi connectivity index (χ4v) is 1.59. The van der Waals surface area contributed by atoms with Crippen LogP contribution in [0.4, 0.5) is 0 Å². The lowest BCUT2D eigenvalue weighted by molar-refractivity contribution is 0.736. The fourth-order valence-electron chi connectivity index (χ4n) is 0.809. The molecule has 0 atom stereocenters. The second-order valence-corrected chi connectivity index (χ2v) is 3.91. The standard InChI is InChI=1S/C8H7N5S2/c1-14-7-11-6(5(3-9)4-10)12-8(13-7)15-2/h5H,1-2H3. The molecule has 0 aliphatic heterocycles. The minimum Gasteiger partial charge on any atom is -0.205 e. The predicted octanol–water partition coefficient (Wildman–Crippen LogP) is 1.45. The van der Waals surface area contributed by atoms with Gasteiger partial charge in [-0.2, -0.15) is 15.5 Å². The second-order valence-electron chi connectivity index (χ2n) is 2.36. The normalized spacial score (nSPS) is 9.67. The first-order valence-corrected chi connectivity index (χ1v) is 6.33. The Labute approximate surface area is 95.9 Å². The Bertz CT molecular complexity index is 397. The van der Waals surface area contributed by atoms with E-state index >= 15 is 0 Å². The largest absolute Gasteiger partial charge is 0.205 e. The molecular formula is C8H7N5S2. The van der Waals surface area contributed by atoms with E-state index in [1.54, 1.807) is 0 Å². The Balaban J connectivity index is 3.19. The molecule has 0 aliphatic rings. The third kappa shape index (κ3) is 2.82. The van der Waals surface area contributed by atoms with Gasteiger partial charge < -0.3 is 0 Å². The highest BCUT2D eigenvalue weighted by Gasteiger charge is 2.15. The summed E-state index contributed by atoms with van der Waals surface area (Å²) >= 11 is 2.71. The quantitative estimate of drug-likeness (QED) is 0.735. The van der Waals surface area contributed by atoms with E-state index in [0.29, 0.717) is 10.3 Å². The predicted molar refractivity (Wildman–Crippen MR) is 57.4 cm³/mol. The van der Waals surface area contributed by atoms with Crippen molar-refractivity contribution in [3.63, 3.8) is 0 Å². The highest BCUT2D eigenvalue weighted by atomic mass is 32.2. The first-order chi connectivity index (χ1) is 7.24. The number of rotatable bonds is 3. The van der Waals surface area contributed by atoms with Crippen LogP contribution < -0.4 is 0 Å². The number of nitrogens with zero attached hydrogens (tertiary/aromatic N) is 5. The maximum absolute atomic E-state index is 8.72. The van der Waals surface area contributed by atoms with Gasteiger partial charge in [-0.05, 0) is 12.5 Å². The van der Waals surface area contributed by atoms with Crippen molar-refractivity contribution in [1.82, 2.24) is 15.0 Å². The summed E-state index contributed by atoms with van der Waals surface area (Å²) in [4.78, 5) is 12.2. The number of hydrogen-bond donors (Lipinski definition) is 0. The average Bonchev–Trinajstić information content (AvgIpc) is 2.30. The summed E-state index contributed by atoms with van der Waals surface area (Å²) < 4.78 is 0. The zero-order valence-corrected chi connectivity index (χ0v) is 9.76. The van der Waals surface area contributed by atoms with Crippen molar-refractivity contribution in [2.45, 2.75) is 16.2 Å². The first-order valence-electron chi connectivity index (χ1n) is 3.88. The van der Waals surface area contributed by atoms with Crippen molar-refractivity contribution in [3.05, 3.63) is 5.82 Å². The molecule has 1 heterocycles. The van der Waals surface area contributed by atoms with Crippen LogP contribution in [0.2, 0.25) is 0 Å². The van der Waals surface area contributed by atoms with Gasteiger partial charge in [0.05, 0.1) is 12.1 Å². The SMILES string of the molecule is CSc1nc(SC)nc(C(C#N)C#N)n1. The van der Waals surface area contributed by atoms with Gasteiger partial charge in [-0.1, -0.05) is 23.5 Å². The molecular weight excluding hydrogens is 230 g/mol. The molecule has 1 aromatic heterocycles. The van der Waals surface area contributed by atoms with E-state index in [1.165, 1.54) is 23.5 Å². The van der Waals surface area contributed by atoms with E-state index in [2.05, 4.69) is 15.0 Å². The monoisotopic (exact) mass is 237 g/mol. The summed E-state index contributed by atoms with van der Waals surface area (Å²) in [6, 6.07) is 3.68. The molecule has 15 heavy (non-hydrogen) atoms. The summed E-state index contributed by atoms with van der Waals surface area (Å²) in [6.45, 7) is 0. The number of aromatic nitrogens is 3. The number of thioether (sulfide) groups is 2. The van der Waals surface area contributed by atoms with Gasteiger partial charge in [0.1, 0.15) is 0 Å². The van der Waals surface area contributed by atoms with Crippen LogP contribution in [0.3, 0.4) is 0 Å². The van der Waals surface area contributed by atoms with Gasteiger partial charge in [0, 0.05) is 0 Å². The lowest BCUT2D eigenvalue weighted by Gasteiger charge is -2.03. The van der Waals surface area contributed by atoms with Crippen LogP contribution in [0.5, 0.6) is 0 Å². The van der Waals surface area contributed by atoms with E-state index in [1.807, 2.05) is 24.6 Å². The van der Waals surface area contributed by atoms with Gasteiger partial charge in [0.15, 0.2) is 22.1 Å². The van der Waals surface area contributed by atoms with Gasteiger partial charge in [0.2, 0.25) is 0 Å². The number of hydrogen-bond acceptors (Lipinski definition) is 7. The van der Waals surface area contributed by atoms with Crippen molar-refractivity contribution in [2.24, 2.45) is 0 Å². The lowest BCUT2D eigenvalue weighted by atomic mass is 10.2. The van der Waals surface area contributed by atoms with Gasteiger partial charge in [-0.25, -0.2) is 9.97 Å². The van der Waals surface area contributed by atoms with E-state index in [0.717, 1.165) is 0 Å². The molecule has 0 saturated carbocycles. The minimum atomic E-state index is -0.926. The van der Waals surface area contributed by atoms with Crippen LogP contribution >= 0.6 is 23.5 Å². The molecule has 0 amide bonds.